The Bertz CT molecular complexity index is 423. The first kappa shape index (κ1) is 13.2. The topological polar surface area (TPSA) is 34.2 Å². The van der Waals surface area contributed by atoms with Crippen LogP contribution < -0.4 is 5.32 Å². The summed E-state index contributed by atoms with van der Waals surface area (Å²) in [5, 5.41) is 2.88. The van der Waals surface area contributed by atoms with E-state index in [0.29, 0.717) is 19.1 Å². The summed E-state index contributed by atoms with van der Waals surface area (Å²) in [5.41, 5.74) is -0.140. The van der Waals surface area contributed by atoms with E-state index in [2.05, 4.69) is 10.3 Å². The molecule has 0 saturated carbocycles. The van der Waals surface area contributed by atoms with Gasteiger partial charge in [-0.25, -0.2) is 4.39 Å². The number of aromatic nitrogens is 1. The molecule has 1 atom stereocenters. The summed E-state index contributed by atoms with van der Waals surface area (Å²) in [4.78, 5) is 3.51. The second kappa shape index (κ2) is 5.18. The predicted octanol–water partition coefficient (Wildman–Crippen LogP) is 2.98. The van der Waals surface area contributed by atoms with Gasteiger partial charge in [0.1, 0.15) is 0 Å². The van der Waals surface area contributed by atoms with E-state index < -0.39 is 11.8 Å². The van der Waals surface area contributed by atoms with Gasteiger partial charge in [-0.2, -0.15) is 9.37 Å². The molecule has 3 nitrogen and oxygen atoms in total. The lowest BCUT2D eigenvalue weighted by molar-refractivity contribution is -0.0700. The summed E-state index contributed by atoms with van der Waals surface area (Å²) >= 11 is 0. The number of pyridine rings is 1. The maximum atomic E-state index is 13.4. The van der Waals surface area contributed by atoms with Crippen LogP contribution in [-0.2, 0) is 4.74 Å². The molecule has 0 aromatic carbocycles. The van der Waals surface area contributed by atoms with Crippen LogP contribution in [0.1, 0.15) is 26.7 Å². The molecular weight excluding hydrogens is 238 g/mol. The summed E-state index contributed by atoms with van der Waals surface area (Å²) in [6, 6.07) is 2.09. The lowest BCUT2D eigenvalue weighted by Gasteiger charge is -2.35. The largest absolute Gasteiger partial charge is 0.376 e. The van der Waals surface area contributed by atoms with Gasteiger partial charge in [0.05, 0.1) is 5.60 Å². The molecule has 0 radical (unpaired) electrons. The first-order valence-corrected chi connectivity index (χ1v) is 6.16. The fourth-order valence-corrected chi connectivity index (χ4v) is 2.32. The highest BCUT2D eigenvalue weighted by Gasteiger charge is 2.28. The number of anilines is 1. The van der Waals surface area contributed by atoms with Crippen LogP contribution in [0.3, 0.4) is 0 Å². The molecule has 0 bridgehead atoms. The van der Waals surface area contributed by atoms with Crippen molar-refractivity contribution in [3.05, 3.63) is 23.9 Å². The molecule has 2 rings (SSSR count). The first-order chi connectivity index (χ1) is 8.46. The SMILES string of the molecule is CC1(C)C[C@@H](CNc2nc(F)ccc2F)CCO1. The molecular formula is C13H18F2N2O. The Morgan fingerprint density at radius 2 is 2.22 bits per heavy atom. The van der Waals surface area contributed by atoms with Crippen molar-refractivity contribution in [3.8, 4) is 0 Å². The Kier molecular flexibility index (Phi) is 3.80. The van der Waals surface area contributed by atoms with Gasteiger partial charge in [0.15, 0.2) is 11.6 Å². The number of halogens is 2. The van der Waals surface area contributed by atoms with E-state index in [0.717, 1.165) is 25.0 Å². The van der Waals surface area contributed by atoms with Gasteiger partial charge in [-0.1, -0.05) is 0 Å². The molecule has 1 N–H and O–H groups in total. The number of rotatable bonds is 3. The van der Waals surface area contributed by atoms with E-state index in [1.54, 1.807) is 0 Å². The molecule has 0 amide bonds. The average molecular weight is 256 g/mol. The number of ether oxygens (including phenoxy) is 1. The predicted molar refractivity (Wildman–Crippen MR) is 65.4 cm³/mol. The number of nitrogens with one attached hydrogen (secondary N) is 1. The molecule has 5 heteroatoms. The van der Waals surface area contributed by atoms with Crippen LogP contribution >= 0.6 is 0 Å². The highest BCUT2D eigenvalue weighted by atomic mass is 19.1. The Labute approximate surface area is 106 Å². The maximum Gasteiger partial charge on any atom is 0.214 e. The number of nitrogens with zero attached hydrogens (tertiary/aromatic N) is 1. The normalized spacial score (nSPS) is 22.8. The Morgan fingerprint density at radius 1 is 1.44 bits per heavy atom. The van der Waals surface area contributed by atoms with Gasteiger partial charge in [-0.3, -0.25) is 0 Å². The quantitative estimate of drug-likeness (QED) is 0.844. The number of hydrogen-bond acceptors (Lipinski definition) is 3. The van der Waals surface area contributed by atoms with Crippen molar-refractivity contribution in [3.63, 3.8) is 0 Å². The molecule has 1 saturated heterocycles. The molecule has 18 heavy (non-hydrogen) atoms. The minimum atomic E-state index is -0.675. The van der Waals surface area contributed by atoms with E-state index >= 15 is 0 Å². The van der Waals surface area contributed by atoms with Crippen molar-refractivity contribution in [1.29, 1.82) is 0 Å². The fourth-order valence-electron chi connectivity index (χ4n) is 2.32. The average Bonchev–Trinajstić information content (AvgIpc) is 2.29. The zero-order valence-corrected chi connectivity index (χ0v) is 10.7. The molecule has 0 aliphatic carbocycles. The molecule has 2 heterocycles. The van der Waals surface area contributed by atoms with Crippen molar-refractivity contribution >= 4 is 5.82 Å². The second-order valence-corrected chi connectivity index (χ2v) is 5.31. The van der Waals surface area contributed by atoms with E-state index in [9.17, 15) is 8.78 Å². The second-order valence-electron chi connectivity index (χ2n) is 5.31. The van der Waals surface area contributed by atoms with Gasteiger partial charge in [0.25, 0.3) is 0 Å². The van der Waals surface area contributed by atoms with Gasteiger partial charge >= 0.3 is 0 Å². The summed E-state index contributed by atoms with van der Waals surface area (Å²) < 4.78 is 31.9. The van der Waals surface area contributed by atoms with Crippen molar-refractivity contribution in [2.45, 2.75) is 32.3 Å². The van der Waals surface area contributed by atoms with Crippen LogP contribution in [0.2, 0.25) is 0 Å². The standard InChI is InChI=1S/C13H18F2N2O/c1-13(2)7-9(5-6-18-13)8-16-12-10(14)3-4-11(15)17-12/h3-4,9H,5-8H2,1-2H3,(H,16,17)/t9-/m0/s1. The molecule has 1 aromatic heterocycles. The zero-order valence-electron chi connectivity index (χ0n) is 10.7. The van der Waals surface area contributed by atoms with Gasteiger partial charge in [0.2, 0.25) is 5.95 Å². The third-order valence-electron chi connectivity index (χ3n) is 3.17. The third-order valence-corrected chi connectivity index (χ3v) is 3.17. The molecule has 1 fully saturated rings. The van der Waals surface area contributed by atoms with Crippen molar-refractivity contribution < 1.29 is 13.5 Å². The Morgan fingerprint density at radius 3 is 2.94 bits per heavy atom. The van der Waals surface area contributed by atoms with Crippen molar-refractivity contribution in [2.24, 2.45) is 5.92 Å². The van der Waals surface area contributed by atoms with Crippen LogP contribution in [-0.4, -0.2) is 23.7 Å². The molecule has 0 unspecified atom stereocenters. The maximum absolute atomic E-state index is 13.4. The van der Waals surface area contributed by atoms with Crippen LogP contribution in [0.5, 0.6) is 0 Å². The summed E-state index contributed by atoms with van der Waals surface area (Å²) in [6.45, 7) is 5.37. The minimum Gasteiger partial charge on any atom is -0.376 e. The van der Waals surface area contributed by atoms with E-state index in [1.165, 1.54) is 0 Å². The fraction of sp³-hybridized carbons (Fsp3) is 0.615. The van der Waals surface area contributed by atoms with Gasteiger partial charge in [-0.15, -0.1) is 0 Å². The molecule has 1 aromatic rings. The Balaban J connectivity index is 1.93. The molecule has 1 aliphatic rings. The number of hydrogen-bond donors (Lipinski definition) is 1. The van der Waals surface area contributed by atoms with Crippen LogP contribution in [0.25, 0.3) is 0 Å². The summed E-state index contributed by atoms with van der Waals surface area (Å²) in [5.74, 6) is -0.827. The summed E-state index contributed by atoms with van der Waals surface area (Å²) in [7, 11) is 0. The van der Waals surface area contributed by atoms with Crippen LogP contribution in [0.15, 0.2) is 12.1 Å². The first-order valence-electron chi connectivity index (χ1n) is 6.16. The lowest BCUT2D eigenvalue weighted by Crippen LogP contribution is -2.36. The lowest BCUT2D eigenvalue weighted by atomic mass is 9.88. The van der Waals surface area contributed by atoms with Gasteiger partial charge in [-0.05, 0) is 44.7 Å². The monoisotopic (exact) mass is 256 g/mol. The van der Waals surface area contributed by atoms with Gasteiger partial charge in [0, 0.05) is 13.2 Å². The van der Waals surface area contributed by atoms with Crippen molar-refractivity contribution in [2.75, 3.05) is 18.5 Å². The van der Waals surface area contributed by atoms with Crippen molar-refractivity contribution in [1.82, 2.24) is 4.98 Å². The van der Waals surface area contributed by atoms with E-state index in [1.807, 2.05) is 13.8 Å². The highest BCUT2D eigenvalue weighted by molar-refractivity contribution is 5.35. The Hall–Kier alpha value is -1.23. The minimum absolute atomic E-state index is 0.0145. The highest BCUT2D eigenvalue weighted by Crippen LogP contribution is 2.28. The van der Waals surface area contributed by atoms with Crippen LogP contribution in [0.4, 0.5) is 14.6 Å². The molecule has 100 valence electrons. The molecule has 0 spiro atoms. The van der Waals surface area contributed by atoms with E-state index in [-0.39, 0.29) is 11.4 Å². The smallest absolute Gasteiger partial charge is 0.214 e. The zero-order chi connectivity index (χ0) is 13.2. The summed E-state index contributed by atoms with van der Waals surface area (Å²) in [6.07, 6.45) is 1.82. The third kappa shape index (κ3) is 3.38. The molecule has 1 aliphatic heterocycles. The van der Waals surface area contributed by atoms with E-state index in [4.69, 9.17) is 4.74 Å². The van der Waals surface area contributed by atoms with Crippen LogP contribution in [0, 0.1) is 17.7 Å². The van der Waals surface area contributed by atoms with Gasteiger partial charge < -0.3 is 10.1 Å².